The zero-order valence-electron chi connectivity index (χ0n) is 8.62. The minimum Gasteiger partial charge on any atom is -0.393 e. The van der Waals surface area contributed by atoms with Gasteiger partial charge in [-0.3, -0.25) is 0 Å². The first-order chi connectivity index (χ1) is 5.72. The molecule has 3 nitrogen and oxygen atoms in total. The van der Waals surface area contributed by atoms with Crippen LogP contribution in [0.25, 0.3) is 0 Å². The van der Waals surface area contributed by atoms with E-state index in [1.165, 1.54) is 0 Å². The van der Waals surface area contributed by atoms with Crippen LogP contribution in [-0.2, 0) is 0 Å². The highest BCUT2D eigenvalue weighted by atomic mass is 16.3. The average molecular weight is 188 g/mol. The lowest BCUT2D eigenvalue weighted by Gasteiger charge is -2.42. The van der Waals surface area contributed by atoms with Crippen LogP contribution in [-0.4, -0.2) is 32.6 Å². The van der Waals surface area contributed by atoms with Crippen LogP contribution in [0.2, 0.25) is 0 Å². The highest BCUT2D eigenvalue weighted by Gasteiger charge is 2.41. The Hall–Kier alpha value is -0.120. The van der Waals surface area contributed by atoms with E-state index >= 15 is 0 Å². The third-order valence-electron chi connectivity index (χ3n) is 3.01. The molecule has 3 atom stereocenters. The maximum atomic E-state index is 9.74. The molecule has 0 bridgehead atoms. The van der Waals surface area contributed by atoms with Crippen molar-refractivity contribution in [1.29, 1.82) is 0 Å². The Bertz CT molecular complexity index is 181. The second-order valence-electron chi connectivity index (χ2n) is 5.07. The summed E-state index contributed by atoms with van der Waals surface area (Å²) < 4.78 is 0. The predicted octanol–water partition coefficient (Wildman–Crippen LogP) is 0.669. The molecule has 0 spiro atoms. The second-order valence-corrected chi connectivity index (χ2v) is 5.07. The number of hydrogen-bond acceptors (Lipinski definition) is 3. The fourth-order valence-corrected chi connectivity index (χ4v) is 2.18. The summed E-state index contributed by atoms with van der Waals surface area (Å²) in [6.45, 7) is 5.15. The molecule has 1 fully saturated rings. The zero-order valence-corrected chi connectivity index (χ0v) is 8.62. The summed E-state index contributed by atoms with van der Waals surface area (Å²) in [5.41, 5.74) is -1.61. The molecule has 1 saturated carbocycles. The topological polar surface area (TPSA) is 60.7 Å². The Kier molecular flexibility index (Phi) is 2.72. The fraction of sp³-hybridized carbons (Fsp3) is 1.00. The van der Waals surface area contributed by atoms with Crippen molar-refractivity contribution in [3.8, 4) is 0 Å². The molecule has 1 aliphatic rings. The predicted molar refractivity (Wildman–Crippen MR) is 50.3 cm³/mol. The van der Waals surface area contributed by atoms with Crippen LogP contribution >= 0.6 is 0 Å². The maximum Gasteiger partial charge on any atom is 0.0644 e. The van der Waals surface area contributed by atoms with Gasteiger partial charge in [0, 0.05) is 12.3 Å². The molecular formula is C10H20O3. The Labute approximate surface area is 79.4 Å². The summed E-state index contributed by atoms with van der Waals surface area (Å²) >= 11 is 0. The van der Waals surface area contributed by atoms with E-state index in [-0.39, 0.29) is 5.92 Å². The molecule has 0 saturated heterocycles. The zero-order chi connectivity index (χ0) is 10.3. The molecule has 0 aromatic rings. The van der Waals surface area contributed by atoms with Crippen LogP contribution < -0.4 is 0 Å². The van der Waals surface area contributed by atoms with Crippen molar-refractivity contribution in [2.45, 2.75) is 57.3 Å². The van der Waals surface area contributed by atoms with Crippen molar-refractivity contribution >= 4 is 0 Å². The van der Waals surface area contributed by atoms with Gasteiger partial charge in [-0.1, -0.05) is 0 Å². The normalized spacial score (nSPS) is 42.0. The Morgan fingerprint density at radius 3 is 2.31 bits per heavy atom. The maximum absolute atomic E-state index is 9.74. The van der Waals surface area contributed by atoms with Gasteiger partial charge in [-0.15, -0.1) is 0 Å². The minimum atomic E-state index is -0.851. The number of hydrogen-bond donors (Lipinski definition) is 3. The van der Waals surface area contributed by atoms with E-state index in [0.29, 0.717) is 19.3 Å². The first kappa shape index (κ1) is 11.0. The van der Waals surface area contributed by atoms with Crippen molar-refractivity contribution in [3.05, 3.63) is 0 Å². The van der Waals surface area contributed by atoms with Crippen molar-refractivity contribution < 1.29 is 15.3 Å². The lowest BCUT2D eigenvalue weighted by Crippen LogP contribution is -2.47. The third kappa shape index (κ3) is 2.66. The molecule has 0 radical (unpaired) electrons. The van der Waals surface area contributed by atoms with E-state index in [0.717, 1.165) is 0 Å². The average Bonchev–Trinajstić information content (AvgIpc) is 1.80. The van der Waals surface area contributed by atoms with Crippen molar-refractivity contribution in [1.82, 2.24) is 0 Å². The summed E-state index contributed by atoms with van der Waals surface area (Å²) in [7, 11) is 0. The summed E-state index contributed by atoms with van der Waals surface area (Å²) in [6.07, 6.45) is 1.10. The smallest absolute Gasteiger partial charge is 0.0644 e. The molecule has 13 heavy (non-hydrogen) atoms. The van der Waals surface area contributed by atoms with Crippen molar-refractivity contribution in [2.24, 2.45) is 5.92 Å². The van der Waals surface area contributed by atoms with Crippen molar-refractivity contribution in [3.63, 3.8) is 0 Å². The summed E-state index contributed by atoms with van der Waals surface area (Å²) in [5.74, 6) is -0.118. The van der Waals surface area contributed by atoms with Crippen LogP contribution in [0.4, 0.5) is 0 Å². The van der Waals surface area contributed by atoms with E-state index in [4.69, 9.17) is 0 Å². The molecular weight excluding hydrogens is 168 g/mol. The molecule has 0 aromatic heterocycles. The molecule has 78 valence electrons. The van der Waals surface area contributed by atoms with Crippen LogP contribution in [0.1, 0.15) is 40.0 Å². The minimum absolute atomic E-state index is 0.118. The lowest BCUT2D eigenvalue weighted by atomic mass is 9.71. The van der Waals surface area contributed by atoms with Gasteiger partial charge in [-0.25, -0.2) is 0 Å². The van der Waals surface area contributed by atoms with E-state index < -0.39 is 17.3 Å². The quantitative estimate of drug-likeness (QED) is 0.567. The van der Waals surface area contributed by atoms with E-state index in [1.807, 2.05) is 0 Å². The second kappa shape index (κ2) is 3.23. The molecule has 0 aliphatic heterocycles. The number of rotatable bonds is 1. The molecule has 3 heteroatoms. The number of aliphatic hydroxyl groups excluding tert-OH is 1. The molecule has 1 rings (SSSR count). The third-order valence-corrected chi connectivity index (χ3v) is 3.01. The van der Waals surface area contributed by atoms with Gasteiger partial charge in [0.25, 0.3) is 0 Å². The van der Waals surface area contributed by atoms with Gasteiger partial charge in [-0.05, 0) is 33.6 Å². The van der Waals surface area contributed by atoms with Gasteiger partial charge in [-0.2, -0.15) is 0 Å². The van der Waals surface area contributed by atoms with Gasteiger partial charge in [0.15, 0.2) is 0 Å². The molecule has 0 unspecified atom stereocenters. The fourth-order valence-electron chi connectivity index (χ4n) is 2.18. The van der Waals surface area contributed by atoms with Gasteiger partial charge in [0.2, 0.25) is 0 Å². The molecule has 0 heterocycles. The molecule has 0 aromatic carbocycles. The Balaban J connectivity index is 2.64. The van der Waals surface area contributed by atoms with Gasteiger partial charge < -0.3 is 15.3 Å². The highest BCUT2D eigenvalue weighted by molar-refractivity contribution is 4.93. The van der Waals surface area contributed by atoms with Crippen LogP contribution in [0.3, 0.4) is 0 Å². The van der Waals surface area contributed by atoms with Crippen molar-refractivity contribution in [2.75, 3.05) is 0 Å². The van der Waals surface area contributed by atoms with E-state index in [9.17, 15) is 15.3 Å². The first-order valence-electron chi connectivity index (χ1n) is 4.85. The van der Waals surface area contributed by atoms with E-state index in [1.54, 1.807) is 20.8 Å². The van der Waals surface area contributed by atoms with Gasteiger partial charge >= 0.3 is 0 Å². The SMILES string of the molecule is CC(C)(O)[C@H]1CC[C@](C)(O)C[C@H]1O. The summed E-state index contributed by atoms with van der Waals surface area (Å²) in [5, 5.41) is 29.1. The van der Waals surface area contributed by atoms with Crippen LogP contribution in [0, 0.1) is 5.92 Å². The lowest BCUT2D eigenvalue weighted by molar-refractivity contribution is -0.115. The number of aliphatic hydroxyl groups is 3. The highest BCUT2D eigenvalue weighted by Crippen LogP contribution is 2.37. The van der Waals surface area contributed by atoms with Gasteiger partial charge in [0.05, 0.1) is 17.3 Å². The van der Waals surface area contributed by atoms with Crippen LogP contribution in [0.15, 0.2) is 0 Å². The molecule has 1 aliphatic carbocycles. The Morgan fingerprint density at radius 1 is 1.38 bits per heavy atom. The molecule has 3 N–H and O–H groups in total. The monoisotopic (exact) mass is 188 g/mol. The largest absolute Gasteiger partial charge is 0.393 e. The standard InChI is InChI=1S/C10H20O3/c1-9(2,12)7-4-5-10(3,13)6-8(7)11/h7-8,11-13H,4-6H2,1-3H3/t7-,8+,10-/m0/s1. The van der Waals surface area contributed by atoms with Crippen LogP contribution in [0.5, 0.6) is 0 Å². The Morgan fingerprint density at radius 2 is 1.92 bits per heavy atom. The summed E-state index contributed by atoms with van der Waals surface area (Å²) in [4.78, 5) is 0. The van der Waals surface area contributed by atoms with E-state index in [2.05, 4.69) is 0 Å². The van der Waals surface area contributed by atoms with Gasteiger partial charge in [0.1, 0.15) is 0 Å². The first-order valence-corrected chi connectivity index (χ1v) is 4.85. The molecule has 0 amide bonds. The summed E-state index contributed by atoms with van der Waals surface area (Å²) in [6, 6.07) is 0.